The third-order valence-electron chi connectivity index (χ3n) is 2.54. The second-order valence-corrected chi connectivity index (χ2v) is 4.43. The van der Waals surface area contributed by atoms with Crippen molar-refractivity contribution in [2.24, 2.45) is 0 Å². The Balaban J connectivity index is 2.29. The van der Waals surface area contributed by atoms with E-state index in [4.69, 9.17) is 4.74 Å². The smallest absolute Gasteiger partial charge is 0.119 e. The SMILES string of the molecule is CCCCCOc1ccc(CNN(C)C)cc1. The van der Waals surface area contributed by atoms with Crippen LogP contribution in [-0.2, 0) is 6.54 Å². The van der Waals surface area contributed by atoms with Crippen LogP contribution < -0.4 is 10.2 Å². The molecule has 0 spiro atoms. The van der Waals surface area contributed by atoms with E-state index in [0.29, 0.717) is 0 Å². The van der Waals surface area contributed by atoms with Gasteiger partial charge in [0, 0.05) is 20.6 Å². The van der Waals surface area contributed by atoms with E-state index in [1.165, 1.54) is 18.4 Å². The summed E-state index contributed by atoms with van der Waals surface area (Å²) in [5.41, 5.74) is 4.50. The van der Waals surface area contributed by atoms with Gasteiger partial charge in [-0.1, -0.05) is 31.9 Å². The molecule has 0 saturated carbocycles. The van der Waals surface area contributed by atoms with Gasteiger partial charge in [0.1, 0.15) is 5.75 Å². The van der Waals surface area contributed by atoms with Crippen LogP contribution in [-0.4, -0.2) is 25.7 Å². The van der Waals surface area contributed by atoms with Crippen molar-refractivity contribution in [3.63, 3.8) is 0 Å². The average Bonchev–Trinajstić information content (AvgIpc) is 2.33. The summed E-state index contributed by atoms with van der Waals surface area (Å²) in [6.45, 7) is 3.87. The fourth-order valence-electron chi connectivity index (χ4n) is 1.50. The molecule has 0 aliphatic heterocycles. The Morgan fingerprint density at radius 1 is 1.12 bits per heavy atom. The molecule has 0 atom stereocenters. The lowest BCUT2D eigenvalue weighted by Gasteiger charge is -2.12. The zero-order chi connectivity index (χ0) is 12.5. The molecule has 1 aromatic rings. The van der Waals surface area contributed by atoms with Crippen molar-refractivity contribution in [2.75, 3.05) is 20.7 Å². The van der Waals surface area contributed by atoms with E-state index in [-0.39, 0.29) is 0 Å². The summed E-state index contributed by atoms with van der Waals surface area (Å²) in [7, 11) is 3.98. The van der Waals surface area contributed by atoms with Crippen molar-refractivity contribution < 1.29 is 4.74 Å². The minimum absolute atomic E-state index is 0.823. The molecule has 17 heavy (non-hydrogen) atoms. The van der Waals surface area contributed by atoms with Crippen LogP contribution in [0.3, 0.4) is 0 Å². The van der Waals surface area contributed by atoms with Crippen molar-refractivity contribution in [3.05, 3.63) is 29.8 Å². The minimum atomic E-state index is 0.823. The molecule has 0 bridgehead atoms. The number of hydrazine groups is 1. The molecule has 96 valence electrons. The first-order chi connectivity index (χ1) is 8.22. The number of benzene rings is 1. The summed E-state index contributed by atoms with van der Waals surface area (Å²) in [5, 5.41) is 1.95. The summed E-state index contributed by atoms with van der Waals surface area (Å²) < 4.78 is 5.66. The van der Waals surface area contributed by atoms with E-state index < -0.39 is 0 Å². The van der Waals surface area contributed by atoms with E-state index in [1.54, 1.807) is 0 Å². The van der Waals surface area contributed by atoms with E-state index in [2.05, 4.69) is 24.5 Å². The van der Waals surface area contributed by atoms with Crippen molar-refractivity contribution >= 4 is 0 Å². The Morgan fingerprint density at radius 2 is 1.82 bits per heavy atom. The molecule has 1 rings (SSSR count). The summed E-state index contributed by atoms with van der Waals surface area (Å²) in [6.07, 6.45) is 3.61. The van der Waals surface area contributed by atoms with Crippen molar-refractivity contribution in [1.29, 1.82) is 0 Å². The Morgan fingerprint density at radius 3 is 2.41 bits per heavy atom. The predicted octanol–water partition coefficient (Wildman–Crippen LogP) is 2.82. The first-order valence-corrected chi connectivity index (χ1v) is 6.35. The highest BCUT2D eigenvalue weighted by Gasteiger charge is 1.96. The molecule has 3 nitrogen and oxygen atoms in total. The first kappa shape index (κ1) is 14.0. The van der Waals surface area contributed by atoms with E-state index in [0.717, 1.165) is 25.3 Å². The van der Waals surface area contributed by atoms with Gasteiger partial charge in [-0.15, -0.1) is 0 Å². The lowest BCUT2D eigenvalue weighted by atomic mass is 10.2. The molecule has 0 aromatic heterocycles. The lowest BCUT2D eigenvalue weighted by molar-refractivity contribution is 0.285. The van der Waals surface area contributed by atoms with Crippen LogP contribution in [0, 0.1) is 0 Å². The van der Waals surface area contributed by atoms with Crippen LogP contribution in [0.4, 0.5) is 0 Å². The summed E-state index contributed by atoms with van der Waals surface area (Å²) in [5.74, 6) is 0.967. The molecular weight excluding hydrogens is 212 g/mol. The van der Waals surface area contributed by atoms with Crippen molar-refractivity contribution in [3.8, 4) is 5.75 Å². The zero-order valence-electron chi connectivity index (χ0n) is 11.2. The van der Waals surface area contributed by atoms with Crippen molar-refractivity contribution in [1.82, 2.24) is 10.4 Å². The van der Waals surface area contributed by atoms with Crippen LogP contribution in [0.5, 0.6) is 5.75 Å². The standard InChI is InChI=1S/C14H24N2O/c1-4-5-6-11-17-14-9-7-13(8-10-14)12-15-16(2)3/h7-10,15H,4-6,11-12H2,1-3H3. The topological polar surface area (TPSA) is 24.5 Å². The molecule has 0 radical (unpaired) electrons. The number of unbranched alkanes of at least 4 members (excludes halogenated alkanes) is 2. The van der Waals surface area contributed by atoms with Gasteiger partial charge in [-0.2, -0.15) is 0 Å². The predicted molar refractivity (Wildman–Crippen MR) is 72.0 cm³/mol. The number of hydrogen-bond acceptors (Lipinski definition) is 3. The highest BCUT2D eigenvalue weighted by atomic mass is 16.5. The fourth-order valence-corrected chi connectivity index (χ4v) is 1.50. The van der Waals surface area contributed by atoms with Gasteiger partial charge in [-0.05, 0) is 24.1 Å². The molecule has 0 aliphatic rings. The van der Waals surface area contributed by atoms with E-state index in [1.807, 2.05) is 31.2 Å². The van der Waals surface area contributed by atoms with Gasteiger partial charge in [0.15, 0.2) is 0 Å². The summed E-state index contributed by atoms with van der Waals surface area (Å²) in [6, 6.07) is 8.29. The Kier molecular flexibility index (Phi) is 6.67. The van der Waals surface area contributed by atoms with E-state index >= 15 is 0 Å². The van der Waals surface area contributed by atoms with Crippen LogP contribution in [0.1, 0.15) is 31.7 Å². The highest BCUT2D eigenvalue weighted by Crippen LogP contribution is 2.12. The third-order valence-corrected chi connectivity index (χ3v) is 2.54. The summed E-state index contributed by atoms with van der Waals surface area (Å²) in [4.78, 5) is 0. The molecule has 0 fully saturated rings. The van der Waals surface area contributed by atoms with Crippen LogP contribution in [0.15, 0.2) is 24.3 Å². The molecule has 0 heterocycles. The third kappa shape index (κ3) is 6.29. The van der Waals surface area contributed by atoms with Crippen LogP contribution >= 0.6 is 0 Å². The van der Waals surface area contributed by atoms with Gasteiger partial charge < -0.3 is 4.74 Å². The molecule has 0 unspecified atom stereocenters. The number of rotatable bonds is 8. The maximum atomic E-state index is 5.66. The maximum Gasteiger partial charge on any atom is 0.119 e. The monoisotopic (exact) mass is 236 g/mol. The molecular formula is C14H24N2O. The molecule has 0 aliphatic carbocycles. The van der Waals surface area contributed by atoms with Gasteiger partial charge in [0.25, 0.3) is 0 Å². The number of nitrogens with zero attached hydrogens (tertiary/aromatic N) is 1. The first-order valence-electron chi connectivity index (χ1n) is 6.35. The van der Waals surface area contributed by atoms with Crippen LogP contribution in [0.25, 0.3) is 0 Å². The van der Waals surface area contributed by atoms with Gasteiger partial charge in [-0.25, -0.2) is 0 Å². The van der Waals surface area contributed by atoms with Crippen LogP contribution in [0.2, 0.25) is 0 Å². The zero-order valence-corrected chi connectivity index (χ0v) is 11.2. The van der Waals surface area contributed by atoms with Gasteiger partial charge >= 0.3 is 0 Å². The largest absolute Gasteiger partial charge is 0.494 e. The molecule has 1 aromatic carbocycles. The van der Waals surface area contributed by atoms with Gasteiger partial charge in [-0.3, -0.25) is 10.4 Å². The molecule has 0 saturated heterocycles. The normalized spacial score (nSPS) is 10.8. The lowest BCUT2D eigenvalue weighted by Crippen LogP contribution is -2.29. The molecule has 3 heteroatoms. The Hall–Kier alpha value is -1.06. The second kappa shape index (κ2) is 8.09. The summed E-state index contributed by atoms with van der Waals surface area (Å²) >= 11 is 0. The van der Waals surface area contributed by atoms with Crippen molar-refractivity contribution in [2.45, 2.75) is 32.7 Å². The van der Waals surface area contributed by atoms with Gasteiger partial charge in [0.2, 0.25) is 0 Å². The maximum absolute atomic E-state index is 5.66. The number of hydrogen-bond donors (Lipinski definition) is 1. The molecule has 1 N–H and O–H groups in total. The molecule has 0 amide bonds. The van der Waals surface area contributed by atoms with E-state index in [9.17, 15) is 0 Å². The quantitative estimate of drug-likeness (QED) is 0.555. The Bertz CT molecular complexity index is 296. The Labute approximate surface area is 105 Å². The van der Waals surface area contributed by atoms with Gasteiger partial charge in [0.05, 0.1) is 6.61 Å². The highest BCUT2D eigenvalue weighted by molar-refractivity contribution is 5.27. The average molecular weight is 236 g/mol. The second-order valence-electron chi connectivity index (χ2n) is 4.43. The number of ether oxygens (including phenoxy) is 1. The number of nitrogens with one attached hydrogen (secondary N) is 1. The fraction of sp³-hybridized carbons (Fsp3) is 0.571. The minimum Gasteiger partial charge on any atom is -0.494 e.